The van der Waals surface area contributed by atoms with E-state index < -0.39 is 0 Å². The molecule has 6 heteroatoms. The standard InChI is InChI=1S/C26H18Br2Cl2N2/c27-18-8-4-15(5-9-18)12-17-2-1-3-20-25(16-6-10-19(28)11-7-16)31-23-13-21(29)22(30)14-24(23)32-26(17)20/h4-14,31H,1-3H2/b17-12+. The van der Waals surface area contributed by atoms with Gasteiger partial charge in [0, 0.05) is 14.5 Å². The van der Waals surface area contributed by atoms with Crippen LogP contribution in [0.4, 0.5) is 11.4 Å². The van der Waals surface area contributed by atoms with E-state index in [0.29, 0.717) is 10.0 Å². The van der Waals surface area contributed by atoms with Crippen LogP contribution in [0.15, 0.2) is 85.7 Å². The van der Waals surface area contributed by atoms with Crippen molar-refractivity contribution in [3.05, 3.63) is 102 Å². The predicted molar refractivity (Wildman–Crippen MR) is 144 cm³/mol. The number of hydrogen-bond acceptors (Lipinski definition) is 2. The van der Waals surface area contributed by atoms with Crippen LogP contribution in [-0.2, 0) is 0 Å². The van der Waals surface area contributed by atoms with Crippen molar-refractivity contribution in [3.63, 3.8) is 0 Å². The van der Waals surface area contributed by atoms with Gasteiger partial charge in [-0.05, 0) is 78.4 Å². The molecule has 1 fully saturated rings. The number of fused-ring (bicyclic) bond motifs is 2. The Balaban J connectivity index is 1.72. The SMILES string of the molecule is Clc1cc2c(cc1Cl)NC(c1ccc(Br)cc1)=C1CCC/C(=C\c3ccc(Br)cc3)C1=N2. The Hall–Kier alpha value is -1.85. The summed E-state index contributed by atoms with van der Waals surface area (Å²) in [6.45, 7) is 0. The molecule has 0 bridgehead atoms. The summed E-state index contributed by atoms with van der Waals surface area (Å²) in [6.07, 6.45) is 5.23. The largest absolute Gasteiger partial charge is 0.353 e. The van der Waals surface area contributed by atoms with Gasteiger partial charge in [-0.3, -0.25) is 0 Å². The van der Waals surface area contributed by atoms with Crippen molar-refractivity contribution in [1.29, 1.82) is 0 Å². The van der Waals surface area contributed by atoms with E-state index in [9.17, 15) is 0 Å². The highest BCUT2D eigenvalue weighted by Crippen LogP contribution is 2.43. The lowest BCUT2D eigenvalue weighted by atomic mass is 9.84. The maximum atomic E-state index is 6.36. The molecule has 0 amide bonds. The van der Waals surface area contributed by atoms with E-state index in [2.05, 4.69) is 91.8 Å². The van der Waals surface area contributed by atoms with E-state index in [1.165, 1.54) is 11.1 Å². The molecule has 0 spiro atoms. The Morgan fingerprint density at radius 2 is 1.50 bits per heavy atom. The topological polar surface area (TPSA) is 24.4 Å². The minimum absolute atomic E-state index is 0.499. The van der Waals surface area contributed by atoms with Gasteiger partial charge in [-0.25, -0.2) is 4.99 Å². The third kappa shape index (κ3) is 4.47. The van der Waals surface area contributed by atoms with Gasteiger partial charge >= 0.3 is 0 Å². The monoisotopic (exact) mass is 586 g/mol. The molecule has 1 heterocycles. The summed E-state index contributed by atoms with van der Waals surface area (Å²) in [7, 11) is 0. The smallest absolute Gasteiger partial charge is 0.0887 e. The number of nitrogens with zero attached hydrogens (tertiary/aromatic N) is 1. The molecule has 0 atom stereocenters. The number of aliphatic imine (C=N–C) groups is 1. The van der Waals surface area contributed by atoms with Gasteiger partial charge < -0.3 is 5.32 Å². The minimum atomic E-state index is 0.499. The first-order valence-electron chi connectivity index (χ1n) is 10.3. The summed E-state index contributed by atoms with van der Waals surface area (Å²) < 4.78 is 2.11. The Morgan fingerprint density at radius 1 is 0.844 bits per heavy atom. The maximum absolute atomic E-state index is 6.36. The molecule has 1 aliphatic carbocycles. The van der Waals surface area contributed by atoms with Crippen LogP contribution < -0.4 is 5.32 Å². The van der Waals surface area contributed by atoms with Crippen molar-refractivity contribution >= 4 is 83.9 Å². The number of halogens is 4. The van der Waals surface area contributed by atoms with Gasteiger partial charge in [0.1, 0.15) is 0 Å². The molecular weight excluding hydrogens is 571 g/mol. The third-order valence-electron chi connectivity index (χ3n) is 5.64. The molecule has 1 saturated carbocycles. The van der Waals surface area contributed by atoms with Gasteiger partial charge in [0.25, 0.3) is 0 Å². The summed E-state index contributed by atoms with van der Waals surface area (Å²) in [5.74, 6) is 0. The van der Waals surface area contributed by atoms with Crippen LogP contribution in [0.5, 0.6) is 0 Å². The molecule has 0 radical (unpaired) electrons. The van der Waals surface area contributed by atoms with Crippen molar-refractivity contribution in [2.75, 3.05) is 5.32 Å². The zero-order valence-electron chi connectivity index (χ0n) is 16.9. The molecule has 5 rings (SSSR count). The summed E-state index contributed by atoms with van der Waals surface area (Å²) in [5, 5.41) is 4.64. The molecule has 32 heavy (non-hydrogen) atoms. The second-order valence-electron chi connectivity index (χ2n) is 7.80. The normalized spacial score (nSPS) is 16.8. The van der Waals surface area contributed by atoms with Gasteiger partial charge in [-0.1, -0.05) is 79.3 Å². The zero-order valence-corrected chi connectivity index (χ0v) is 21.6. The van der Waals surface area contributed by atoms with Crippen LogP contribution in [0.25, 0.3) is 11.8 Å². The van der Waals surface area contributed by atoms with Gasteiger partial charge in [0.2, 0.25) is 0 Å². The van der Waals surface area contributed by atoms with Gasteiger partial charge in [-0.2, -0.15) is 0 Å². The van der Waals surface area contributed by atoms with Crippen LogP contribution in [0.1, 0.15) is 30.4 Å². The second kappa shape index (κ2) is 9.18. The molecule has 2 aliphatic rings. The molecule has 3 aromatic carbocycles. The Morgan fingerprint density at radius 3 is 2.22 bits per heavy atom. The molecule has 1 N–H and O–H groups in total. The quantitative estimate of drug-likeness (QED) is 0.317. The highest BCUT2D eigenvalue weighted by molar-refractivity contribution is 9.10. The molecule has 1 aliphatic heterocycles. The van der Waals surface area contributed by atoms with Crippen LogP contribution in [0, 0.1) is 0 Å². The molecular formula is C26H18Br2Cl2N2. The number of allylic oxidation sites excluding steroid dienone is 2. The number of rotatable bonds is 2. The number of benzene rings is 3. The van der Waals surface area contributed by atoms with Crippen molar-refractivity contribution < 1.29 is 0 Å². The van der Waals surface area contributed by atoms with E-state index in [0.717, 1.165) is 62.1 Å². The summed E-state index contributed by atoms with van der Waals surface area (Å²) in [6, 6.07) is 20.4. The first kappa shape index (κ1) is 22.0. The fraction of sp³-hybridized carbons (Fsp3) is 0.115. The molecule has 3 aromatic rings. The Bertz CT molecular complexity index is 1290. The molecule has 0 saturated heterocycles. The Kier molecular flexibility index (Phi) is 6.31. The van der Waals surface area contributed by atoms with E-state index in [1.807, 2.05) is 12.1 Å². The Labute approximate surface area is 214 Å². The maximum Gasteiger partial charge on any atom is 0.0887 e. The first-order valence-corrected chi connectivity index (χ1v) is 12.6. The van der Waals surface area contributed by atoms with Gasteiger partial charge in [-0.15, -0.1) is 0 Å². The molecule has 0 unspecified atom stereocenters. The van der Waals surface area contributed by atoms with Crippen molar-refractivity contribution in [2.24, 2.45) is 4.99 Å². The third-order valence-corrected chi connectivity index (χ3v) is 7.42. The molecule has 0 aromatic heterocycles. The van der Waals surface area contributed by atoms with E-state index >= 15 is 0 Å². The average molecular weight is 589 g/mol. The van der Waals surface area contributed by atoms with Crippen LogP contribution in [0.3, 0.4) is 0 Å². The summed E-state index contributed by atoms with van der Waals surface area (Å²) in [5.41, 5.74) is 8.44. The fourth-order valence-corrected chi connectivity index (χ4v) is 4.94. The fourth-order valence-electron chi connectivity index (χ4n) is 4.09. The van der Waals surface area contributed by atoms with E-state index in [-0.39, 0.29) is 0 Å². The first-order chi connectivity index (χ1) is 15.5. The van der Waals surface area contributed by atoms with E-state index in [1.54, 1.807) is 0 Å². The van der Waals surface area contributed by atoms with Crippen LogP contribution in [-0.4, -0.2) is 5.71 Å². The molecule has 160 valence electrons. The summed E-state index contributed by atoms with van der Waals surface area (Å²) >= 11 is 19.8. The van der Waals surface area contributed by atoms with Crippen LogP contribution >= 0.6 is 55.1 Å². The van der Waals surface area contributed by atoms with Crippen LogP contribution in [0.2, 0.25) is 10.0 Å². The number of anilines is 1. The summed E-state index contributed by atoms with van der Waals surface area (Å²) in [4.78, 5) is 5.12. The highest BCUT2D eigenvalue weighted by Gasteiger charge is 2.26. The number of hydrogen-bond donors (Lipinski definition) is 1. The average Bonchev–Trinajstić information content (AvgIpc) is 2.94. The van der Waals surface area contributed by atoms with Crippen molar-refractivity contribution in [1.82, 2.24) is 0 Å². The minimum Gasteiger partial charge on any atom is -0.353 e. The second-order valence-corrected chi connectivity index (χ2v) is 10.4. The van der Waals surface area contributed by atoms with Crippen molar-refractivity contribution in [3.8, 4) is 0 Å². The zero-order chi connectivity index (χ0) is 22.2. The van der Waals surface area contributed by atoms with Gasteiger partial charge in [0.05, 0.1) is 32.8 Å². The van der Waals surface area contributed by atoms with Gasteiger partial charge in [0.15, 0.2) is 0 Å². The molecule has 2 nitrogen and oxygen atoms in total. The lowest BCUT2D eigenvalue weighted by Gasteiger charge is -2.23. The highest BCUT2D eigenvalue weighted by atomic mass is 79.9. The number of nitrogens with one attached hydrogen (secondary N) is 1. The lowest BCUT2D eigenvalue weighted by Crippen LogP contribution is -2.16. The van der Waals surface area contributed by atoms with Crippen molar-refractivity contribution in [2.45, 2.75) is 19.3 Å². The predicted octanol–water partition coefficient (Wildman–Crippen LogP) is 9.70. The van der Waals surface area contributed by atoms with E-state index in [4.69, 9.17) is 28.2 Å². The lowest BCUT2D eigenvalue weighted by molar-refractivity contribution is 0.816.